The number of nitrogens with zero attached hydrogens (tertiary/aromatic N) is 3. The van der Waals surface area contributed by atoms with Gasteiger partial charge in [0.25, 0.3) is 5.91 Å². The van der Waals surface area contributed by atoms with E-state index in [9.17, 15) is 4.79 Å². The van der Waals surface area contributed by atoms with Crippen LogP contribution in [0.3, 0.4) is 0 Å². The van der Waals surface area contributed by atoms with E-state index >= 15 is 0 Å². The van der Waals surface area contributed by atoms with E-state index in [1.165, 1.54) is 29.0 Å². The second-order valence-electron chi connectivity index (χ2n) is 9.01. The highest BCUT2D eigenvalue weighted by Gasteiger charge is 2.24. The number of hydrogen-bond donors (Lipinski definition) is 1. The molecule has 1 saturated heterocycles. The normalized spacial score (nSPS) is 16.0. The lowest BCUT2D eigenvalue weighted by Crippen LogP contribution is -2.31. The predicted octanol–water partition coefficient (Wildman–Crippen LogP) is 5.33. The molecule has 0 saturated carbocycles. The lowest BCUT2D eigenvalue weighted by Gasteiger charge is -2.22. The van der Waals surface area contributed by atoms with Crippen molar-refractivity contribution in [2.75, 3.05) is 44.5 Å². The van der Waals surface area contributed by atoms with Gasteiger partial charge >= 0.3 is 0 Å². The van der Waals surface area contributed by atoms with Crippen molar-refractivity contribution in [3.8, 4) is 16.3 Å². The van der Waals surface area contributed by atoms with E-state index in [-0.39, 0.29) is 5.91 Å². The van der Waals surface area contributed by atoms with Crippen LogP contribution in [-0.2, 0) is 0 Å². The van der Waals surface area contributed by atoms with Crippen molar-refractivity contribution < 1.29 is 9.53 Å². The van der Waals surface area contributed by atoms with Crippen molar-refractivity contribution in [1.29, 1.82) is 0 Å². The molecule has 1 atom stereocenters. The van der Waals surface area contributed by atoms with E-state index in [0.29, 0.717) is 17.7 Å². The molecule has 1 fully saturated rings. The van der Waals surface area contributed by atoms with Crippen LogP contribution in [0.4, 0.5) is 11.4 Å². The minimum atomic E-state index is -0.210. The molecule has 6 nitrogen and oxygen atoms in total. The van der Waals surface area contributed by atoms with Crippen LogP contribution >= 0.6 is 11.3 Å². The number of carbonyl (C=O) groups excluding carboxylic acids is 1. The van der Waals surface area contributed by atoms with Crippen molar-refractivity contribution >= 4 is 28.6 Å². The number of thiazole rings is 1. The van der Waals surface area contributed by atoms with Gasteiger partial charge in [-0.1, -0.05) is 19.9 Å². The molecule has 1 aliphatic heterocycles. The number of carbonyl (C=O) groups is 1. The molecule has 0 aliphatic carbocycles. The minimum absolute atomic E-state index is 0.210. The number of anilines is 2. The number of likely N-dealkylation sites (N-methyl/N-ethyl adjacent to an activating group) is 1. The van der Waals surface area contributed by atoms with Crippen molar-refractivity contribution in [3.05, 3.63) is 59.1 Å². The van der Waals surface area contributed by atoms with Gasteiger partial charge in [-0.15, -0.1) is 11.3 Å². The lowest BCUT2D eigenvalue weighted by molar-refractivity contribution is 0.102. The highest BCUT2D eigenvalue weighted by Crippen LogP contribution is 2.35. The van der Waals surface area contributed by atoms with Gasteiger partial charge in [0.2, 0.25) is 0 Å². The Morgan fingerprint density at radius 3 is 2.61 bits per heavy atom. The molecular formula is C26H32N4O2S. The summed E-state index contributed by atoms with van der Waals surface area (Å²) in [6.07, 6.45) is 1.17. The molecule has 4 rings (SSSR count). The molecule has 2 aromatic carbocycles. The van der Waals surface area contributed by atoms with E-state index in [1.807, 2.05) is 18.2 Å². The maximum atomic E-state index is 12.8. The van der Waals surface area contributed by atoms with Crippen LogP contribution in [0, 0.1) is 0 Å². The van der Waals surface area contributed by atoms with E-state index < -0.39 is 0 Å². The summed E-state index contributed by atoms with van der Waals surface area (Å²) in [6, 6.07) is 14.8. The fraction of sp³-hybridized carbons (Fsp3) is 0.385. The number of methoxy groups -OCH3 is 1. The molecule has 33 heavy (non-hydrogen) atoms. The molecule has 2 heterocycles. The molecule has 1 aromatic heterocycles. The Labute approximate surface area is 200 Å². The van der Waals surface area contributed by atoms with Gasteiger partial charge in [-0.05, 0) is 68.4 Å². The first-order valence-corrected chi connectivity index (χ1v) is 12.2. The Hall–Kier alpha value is -2.90. The number of benzene rings is 2. The summed E-state index contributed by atoms with van der Waals surface area (Å²) in [4.78, 5) is 22.1. The molecule has 7 heteroatoms. The van der Waals surface area contributed by atoms with E-state index in [4.69, 9.17) is 4.74 Å². The standard InChI is InChI=1S/C26H32N4O2S/c1-17(2)18-6-11-24(32-5)22(14-18)26-28-23(16-33-26)25(31)27-19-7-9-20(10-8-19)30-13-12-21(15-30)29(3)4/h6-11,14,16-17,21H,12-13,15H2,1-5H3,(H,27,31). The van der Waals surface area contributed by atoms with Crippen LogP contribution in [0.5, 0.6) is 5.75 Å². The number of aromatic nitrogens is 1. The number of amides is 1. The summed E-state index contributed by atoms with van der Waals surface area (Å²) in [5.74, 6) is 0.947. The van der Waals surface area contributed by atoms with Gasteiger partial charge in [0, 0.05) is 35.9 Å². The second-order valence-corrected chi connectivity index (χ2v) is 9.86. The zero-order chi connectivity index (χ0) is 23.5. The lowest BCUT2D eigenvalue weighted by atomic mass is 10.0. The Bertz CT molecular complexity index is 1110. The smallest absolute Gasteiger partial charge is 0.275 e. The molecule has 1 N–H and O–H groups in total. The zero-order valence-corrected chi connectivity index (χ0v) is 20.8. The third-order valence-electron chi connectivity index (χ3n) is 6.24. The van der Waals surface area contributed by atoms with Crippen LogP contribution in [-0.4, -0.2) is 56.1 Å². The molecule has 174 valence electrons. The predicted molar refractivity (Wildman–Crippen MR) is 137 cm³/mol. The summed E-state index contributed by atoms with van der Waals surface area (Å²) in [7, 11) is 5.92. The van der Waals surface area contributed by atoms with E-state index in [0.717, 1.165) is 35.1 Å². The first-order valence-electron chi connectivity index (χ1n) is 11.3. The largest absolute Gasteiger partial charge is 0.496 e. The summed E-state index contributed by atoms with van der Waals surface area (Å²) in [5.41, 5.74) is 4.48. The molecule has 0 spiro atoms. The minimum Gasteiger partial charge on any atom is -0.496 e. The molecule has 0 radical (unpaired) electrons. The SMILES string of the molecule is COc1ccc(C(C)C)cc1-c1nc(C(=O)Nc2ccc(N3CCC(N(C)C)C3)cc2)cs1. The number of hydrogen-bond acceptors (Lipinski definition) is 6. The summed E-state index contributed by atoms with van der Waals surface area (Å²) >= 11 is 1.45. The average Bonchev–Trinajstić information content (AvgIpc) is 3.49. The van der Waals surface area contributed by atoms with E-state index in [1.54, 1.807) is 12.5 Å². The summed E-state index contributed by atoms with van der Waals surface area (Å²) in [5, 5.41) is 5.55. The number of ether oxygens (including phenoxy) is 1. The molecule has 3 aromatic rings. The third-order valence-corrected chi connectivity index (χ3v) is 7.12. The Balaban J connectivity index is 1.45. The van der Waals surface area contributed by atoms with Gasteiger partial charge in [0.05, 0.1) is 12.7 Å². The summed E-state index contributed by atoms with van der Waals surface area (Å²) in [6.45, 7) is 6.39. The second kappa shape index (κ2) is 9.93. The van der Waals surface area contributed by atoms with Gasteiger partial charge < -0.3 is 19.9 Å². The highest BCUT2D eigenvalue weighted by atomic mass is 32.1. The number of rotatable bonds is 7. The van der Waals surface area contributed by atoms with Crippen LogP contribution in [0.25, 0.3) is 10.6 Å². The van der Waals surface area contributed by atoms with Crippen molar-refractivity contribution in [2.45, 2.75) is 32.2 Å². The van der Waals surface area contributed by atoms with Crippen molar-refractivity contribution in [1.82, 2.24) is 9.88 Å². The average molecular weight is 465 g/mol. The van der Waals surface area contributed by atoms with Crippen LogP contribution in [0.2, 0.25) is 0 Å². The first-order chi connectivity index (χ1) is 15.9. The summed E-state index contributed by atoms with van der Waals surface area (Å²) < 4.78 is 5.53. The fourth-order valence-corrected chi connectivity index (χ4v) is 4.92. The van der Waals surface area contributed by atoms with Crippen LogP contribution in [0.15, 0.2) is 47.8 Å². The first kappa shape index (κ1) is 23.3. The fourth-order valence-electron chi connectivity index (χ4n) is 4.10. The number of nitrogens with one attached hydrogen (secondary N) is 1. The van der Waals surface area contributed by atoms with Gasteiger partial charge in [-0.2, -0.15) is 0 Å². The molecule has 1 amide bonds. The van der Waals surface area contributed by atoms with Crippen molar-refractivity contribution in [3.63, 3.8) is 0 Å². The zero-order valence-electron chi connectivity index (χ0n) is 20.0. The van der Waals surface area contributed by atoms with Gasteiger partial charge in [0.15, 0.2) is 0 Å². The van der Waals surface area contributed by atoms with Crippen LogP contribution < -0.4 is 15.0 Å². The maximum Gasteiger partial charge on any atom is 0.275 e. The van der Waals surface area contributed by atoms with Gasteiger partial charge in [0.1, 0.15) is 16.5 Å². The molecule has 1 aliphatic rings. The topological polar surface area (TPSA) is 57.7 Å². The molecule has 0 bridgehead atoms. The monoisotopic (exact) mass is 464 g/mol. The van der Waals surface area contributed by atoms with Crippen LogP contribution in [0.1, 0.15) is 42.2 Å². The Morgan fingerprint density at radius 2 is 1.97 bits per heavy atom. The van der Waals surface area contributed by atoms with E-state index in [2.05, 4.69) is 72.3 Å². The van der Waals surface area contributed by atoms with Crippen molar-refractivity contribution in [2.24, 2.45) is 0 Å². The van der Waals surface area contributed by atoms with Gasteiger partial charge in [-0.3, -0.25) is 4.79 Å². The quantitative estimate of drug-likeness (QED) is 0.512. The van der Waals surface area contributed by atoms with Gasteiger partial charge in [-0.25, -0.2) is 4.98 Å². The Morgan fingerprint density at radius 1 is 1.21 bits per heavy atom. The maximum absolute atomic E-state index is 12.8. The molecule has 1 unspecified atom stereocenters. The molecular weight excluding hydrogens is 432 g/mol. The highest BCUT2D eigenvalue weighted by molar-refractivity contribution is 7.13. The third kappa shape index (κ3) is 5.20. The Kier molecular flexibility index (Phi) is 7.00.